The molecule has 7 nitrogen and oxygen atoms in total. The highest BCUT2D eigenvalue weighted by Gasteiger charge is 2.21. The number of carbonyl (C=O) groups is 2. The summed E-state index contributed by atoms with van der Waals surface area (Å²) in [5.74, 6) is 0.0313. The fraction of sp³-hybridized carbons (Fsp3) is 0.500. The van der Waals surface area contributed by atoms with Crippen LogP contribution in [0, 0.1) is 0 Å². The summed E-state index contributed by atoms with van der Waals surface area (Å²) in [6, 6.07) is 4.05. The van der Waals surface area contributed by atoms with E-state index in [2.05, 4.69) is 15.8 Å². The molecule has 2 aromatic rings. The zero-order valence-electron chi connectivity index (χ0n) is 15.3. The van der Waals surface area contributed by atoms with Crippen molar-refractivity contribution in [2.75, 3.05) is 20.6 Å². The number of nitrogens with zero attached hydrogens (tertiary/aromatic N) is 4. The maximum absolute atomic E-state index is 12.2. The predicted octanol–water partition coefficient (Wildman–Crippen LogP) is 2.08. The van der Waals surface area contributed by atoms with Crippen molar-refractivity contribution in [3.05, 3.63) is 39.8 Å². The van der Waals surface area contributed by atoms with Crippen LogP contribution in [-0.4, -0.2) is 52.2 Å². The summed E-state index contributed by atoms with van der Waals surface area (Å²) in [6.07, 6.45) is 2.12. The van der Waals surface area contributed by atoms with Crippen LogP contribution in [0.4, 0.5) is 4.79 Å². The van der Waals surface area contributed by atoms with E-state index < -0.39 is 0 Å². The first-order valence-electron chi connectivity index (χ1n) is 8.82. The molecule has 2 aromatic heterocycles. The summed E-state index contributed by atoms with van der Waals surface area (Å²) in [4.78, 5) is 27.7. The lowest BCUT2D eigenvalue weighted by Crippen LogP contribution is -2.38. The zero-order valence-corrected chi connectivity index (χ0v) is 16.1. The molecule has 3 rings (SSSR count). The van der Waals surface area contributed by atoms with E-state index in [1.807, 2.05) is 27.1 Å². The van der Waals surface area contributed by atoms with Gasteiger partial charge in [0.15, 0.2) is 0 Å². The van der Waals surface area contributed by atoms with E-state index in [1.54, 1.807) is 30.3 Å². The summed E-state index contributed by atoms with van der Waals surface area (Å²) < 4.78 is 1.95. The number of hydrogen-bond acceptors (Lipinski definition) is 4. The SMILES string of the molecule is CN(C)C(=O)N1CCCn2nc(CNC(=O)CCc3ccsc3)cc2C1. The van der Waals surface area contributed by atoms with Crippen LogP contribution < -0.4 is 5.32 Å². The first-order valence-corrected chi connectivity index (χ1v) is 9.77. The summed E-state index contributed by atoms with van der Waals surface area (Å²) in [5, 5.41) is 11.6. The first kappa shape index (κ1) is 18.4. The van der Waals surface area contributed by atoms with E-state index in [-0.39, 0.29) is 11.9 Å². The molecular weight excluding hydrogens is 350 g/mol. The largest absolute Gasteiger partial charge is 0.350 e. The van der Waals surface area contributed by atoms with Crippen LogP contribution in [0.25, 0.3) is 0 Å². The Hall–Kier alpha value is -2.35. The summed E-state index contributed by atoms with van der Waals surface area (Å²) in [7, 11) is 3.53. The van der Waals surface area contributed by atoms with Gasteiger partial charge in [-0.2, -0.15) is 16.4 Å². The molecule has 0 aromatic carbocycles. The number of aromatic nitrogens is 2. The van der Waals surface area contributed by atoms with Gasteiger partial charge in [0.1, 0.15) is 0 Å². The Bertz CT molecular complexity index is 754. The summed E-state index contributed by atoms with van der Waals surface area (Å²) >= 11 is 1.65. The van der Waals surface area contributed by atoms with E-state index in [9.17, 15) is 9.59 Å². The third-order valence-corrected chi connectivity index (χ3v) is 5.14. The smallest absolute Gasteiger partial charge is 0.319 e. The summed E-state index contributed by atoms with van der Waals surface area (Å²) in [6.45, 7) is 2.49. The Kier molecular flexibility index (Phi) is 5.92. The van der Waals surface area contributed by atoms with Crippen molar-refractivity contribution in [3.63, 3.8) is 0 Å². The first-order chi connectivity index (χ1) is 12.5. The highest BCUT2D eigenvalue weighted by molar-refractivity contribution is 7.07. The number of carbonyl (C=O) groups excluding carboxylic acids is 2. The minimum Gasteiger partial charge on any atom is -0.350 e. The van der Waals surface area contributed by atoms with Gasteiger partial charge in [-0.05, 0) is 41.3 Å². The average Bonchev–Trinajstić information content (AvgIpc) is 3.23. The highest BCUT2D eigenvalue weighted by atomic mass is 32.1. The Morgan fingerprint density at radius 3 is 2.92 bits per heavy atom. The van der Waals surface area contributed by atoms with Gasteiger partial charge in [-0.15, -0.1) is 0 Å². The van der Waals surface area contributed by atoms with Gasteiger partial charge in [0.05, 0.1) is 24.5 Å². The van der Waals surface area contributed by atoms with Crippen LogP contribution in [0.2, 0.25) is 0 Å². The van der Waals surface area contributed by atoms with Crippen LogP contribution in [0.15, 0.2) is 22.9 Å². The monoisotopic (exact) mass is 375 g/mol. The van der Waals surface area contributed by atoms with E-state index in [0.717, 1.165) is 37.3 Å². The number of aryl methyl sites for hydroxylation is 2. The molecule has 0 atom stereocenters. The third-order valence-electron chi connectivity index (χ3n) is 4.41. The molecule has 0 aliphatic carbocycles. The van der Waals surface area contributed by atoms with E-state index in [0.29, 0.717) is 19.5 Å². The fourth-order valence-electron chi connectivity index (χ4n) is 3.02. The molecular formula is C18H25N5O2S. The second-order valence-corrected chi connectivity index (χ2v) is 7.49. The highest BCUT2D eigenvalue weighted by Crippen LogP contribution is 2.15. The lowest BCUT2D eigenvalue weighted by Gasteiger charge is -2.23. The second-order valence-electron chi connectivity index (χ2n) is 6.71. The third kappa shape index (κ3) is 4.63. The van der Waals surface area contributed by atoms with Crippen LogP contribution in [-0.2, 0) is 30.8 Å². The molecule has 0 radical (unpaired) electrons. The van der Waals surface area contributed by atoms with Crippen molar-refractivity contribution in [2.24, 2.45) is 0 Å². The number of hydrogen-bond donors (Lipinski definition) is 1. The Morgan fingerprint density at radius 2 is 2.19 bits per heavy atom. The molecule has 0 bridgehead atoms. The molecule has 1 aliphatic heterocycles. The number of thiophene rings is 1. The van der Waals surface area contributed by atoms with Crippen molar-refractivity contribution in [1.29, 1.82) is 0 Å². The standard InChI is InChI=1S/C18H25N5O2S/c1-21(2)18(25)22-7-3-8-23-16(12-22)10-15(20-23)11-19-17(24)5-4-14-6-9-26-13-14/h6,9-10,13H,3-5,7-8,11-12H2,1-2H3,(H,19,24). The fourth-order valence-corrected chi connectivity index (χ4v) is 3.73. The molecule has 0 unspecified atom stereocenters. The predicted molar refractivity (Wildman–Crippen MR) is 101 cm³/mol. The van der Waals surface area contributed by atoms with Crippen LogP contribution >= 0.6 is 11.3 Å². The van der Waals surface area contributed by atoms with Crippen LogP contribution in [0.5, 0.6) is 0 Å². The van der Waals surface area contributed by atoms with Crippen molar-refractivity contribution >= 4 is 23.3 Å². The topological polar surface area (TPSA) is 70.5 Å². The maximum Gasteiger partial charge on any atom is 0.319 e. The molecule has 140 valence electrons. The van der Waals surface area contributed by atoms with E-state index in [4.69, 9.17) is 0 Å². The minimum absolute atomic E-state index is 0.0166. The number of amides is 3. The summed E-state index contributed by atoms with van der Waals surface area (Å²) in [5.41, 5.74) is 3.05. The Balaban J connectivity index is 1.53. The lowest BCUT2D eigenvalue weighted by atomic mass is 10.2. The molecule has 0 saturated carbocycles. The number of rotatable bonds is 5. The lowest BCUT2D eigenvalue weighted by molar-refractivity contribution is -0.121. The van der Waals surface area contributed by atoms with Crippen molar-refractivity contribution in [3.8, 4) is 0 Å². The number of fused-ring (bicyclic) bond motifs is 1. The number of urea groups is 1. The molecule has 0 spiro atoms. The second kappa shape index (κ2) is 8.35. The van der Waals surface area contributed by atoms with Gasteiger partial charge in [0.25, 0.3) is 0 Å². The molecule has 26 heavy (non-hydrogen) atoms. The van der Waals surface area contributed by atoms with Gasteiger partial charge in [-0.3, -0.25) is 9.48 Å². The quantitative estimate of drug-likeness (QED) is 0.870. The van der Waals surface area contributed by atoms with Gasteiger partial charge in [-0.1, -0.05) is 0 Å². The average molecular weight is 375 g/mol. The normalized spacial score (nSPS) is 13.8. The van der Waals surface area contributed by atoms with Gasteiger partial charge in [0.2, 0.25) is 5.91 Å². The Morgan fingerprint density at radius 1 is 1.35 bits per heavy atom. The molecule has 8 heteroatoms. The molecule has 1 N–H and O–H groups in total. The maximum atomic E-state index is 12.2. The van der Waals surface area contributed by atoms with Crippen molar-refractivity contribution in [2.45, 2.75) is 38.9 Å². The van der Waals surface area contributed by atoms with E-state index >= 15 is 0 Å². The van der Waals surface area contributed by atoms with Crippen molar-refractivity contribution in [1.82, 2.24) is 24.9 Å². The van der Waals surface area contributed by atoms with E-state index in [1.165, 1.54) is 5.56 Å². The Labute approximate surface area is 157 Å². The minimum atomic E-state index is 0.0166. The number of nitrogens with one attached hydrogen (secondary N) is 1. The zero-order chi connectivity index (χ0) is 18.5. The molecule has 3 heterocycles. The van der Waals surface area contributed by atoms with Crippen LogP contribution in [0.1, 0.15) is 29.8 Å². The van der Waals surface area contributed by atoms with Gasteiger partial charge in [0, 0.05) is 33.6 Å². The molecule has 0 saturated heterocycles. The van der Waals surface area contributed by atoms with Crippen LogP contribution in [0.3, 0.4) is 0 Å². The molecule has 1 aliphatic rings. The molecule has 3 amide bonds. The molecule has 0 fully saturated rings. The van der Waals surface area contributed by atoms with Gasteiger partial charge >= 0.3 is 6.03 Å². The van der Waals surface area contributed by atoms with Crippen molar-refractivity contribution < 1.29 is 9.59 Å². The van der Waals surface area contributed by atoms with Gasteiger partial charge in [-0.25, -0.2) is 4.79 Å². The van der Waals surface area contributed by atoms with Gasteiger partial charge < -0.3 is 15.1 Å².